The summed E-state index contributed by atoms with van der Waals surface area (Å²) in [4.78, 5) is 12.3. The van der Waals surface area contributed by atoms with Gasteiger partial charge in [0.15, 0.2) is 0 Å². The molecule has 2 atom stereocenters. The molecular formula is C17H23N3O3. The predicted molar refractivity (Wildman–Crippen MR) is 88.4 cm³/mol. The van der Waals surface area contributed by atoms with Crippen LogP contribution in [0.5, 0.6) is 5.75 Å². The Hall–Kier alpha value is -2.34. The summed E-state index contributed by atoms with van der Waals surface area (Å²) in [6.45, 7) is 3.93. The number of aromatic amines is 1. The number of aliphatic hydroxyl groups excluding tert-OH is 1. The first-order chi connectivity index (χ1) is 11.1. The molecule has 0 aliphatic carbocycles. The number of nitrogens with zero attached hydrogens (tertiary/aromatic N) is 1. The summed E-state index contributed by atoms with van der Waals surface area (Å²) in [7, 11) is 1.59. The topological polar surface area (TPSA) is 87.2 Å². The average Bonchev–Trinajstić information content (AvgIpc) is 3.08. The van der Waals surface area contributed by atoms with Gasteiger partial charge in [-0.2, -0.15) is 5.10 Å². The summed E-state index contributed by atoms with van der Waals surface area (Å²) in [5, 5.41) is 19.2. The number of H-pyrrole nitrogens is 1. The number of amides is 1. The number of aromatic nitrogens is 2. The maximum Gasteiger partial charge on any atom is 0.269 e. The van der Waals surface area contributed by atoms with Crippen molar-refractivity contribution in [3.63, 3.8) is 0 Å². The third-order valence-corrected chi connectivity index (χ3v) is 4.05. The van der Waals surface area contributed by atoms with Crippen LogP contribution in [0.15, 0.2) is 30.3 Å². The standard InChI is InChI=1S/C17H23N3O3/c1-4-11(2)15(10-21)18-17(22)14-9-13(19-20-14)12-7-5-6-8-16(12)23-3/h5-9,11,15,21H,4,10H2,1-3H3,(H,18,22)(H,19,20)/t11-,15-/m0/s1. The summed E-state index contributed by atoms with van der Waals surface area (Å²) in [6, 6.07) is 8.89. The highest BCUT2D eigenvalue weighted by Crippen LogP contribution is 2.28. The molecule has 0 saturated heterocycles. The number of nitrogens with one attached hydrogen (secondary N) is 2. The first kappa shape index (κ1) is 17.0. The van der Waals surface area contributed by atoms with E-state index in [4.69, 9.17) is 4.74 Å². The fourth-order valence-corrected chi connectivity index (χ4v) is 2.33. The second-order valence-electron chi connectivity index (χ2n) is 5.52. The van der Waals surface area contributed by atoms with Crippen molar-refractivity contribution in [2.75, 3.05) is 13.7 Å². The van der Waals surface area contributed by atoms with Gasteiger partial charge < -0.3 is 15.2 Å². The van der Waals surface area contributed by atoms with Crippen molar-refractivity contribution in [1.82, 2.24) is 15.5 Å². The lowest BCUT2D eigenvalue weighted by Gasteiger charge is -2.21. The van der Waals surface area contributed by atoms with Gasteiger partial charge in [0, 0.05) is 5.56 Å². The van der Waals surface area contributed by atoms with Crippen molar-refractivity contribution in [2.24, 2.45) is 5.92 Å². The lowest BCUT2D eigenvalue weighted by Crippen LogP contribution is -2.42. The number of hydrogen-bond acceptors (Lipinski definition) is 4. The van der Waals surface area contributed by atoms with E-state index in [1.165, 1.54) is 0 Å². The second-order valence-corrected chi connectivity index (χ2v) is 5.52. The third kappa shape index (κ3) is 3.90. The van der Waals surface area contributed by atoms with E-state index in [0.29, 0.717) is 17.1 Å². The molecule has 2 aromatic rings. The van der Waals surface area contributed by atoms with E-state index in [0.717, 1.165) is 12.0 Å². The molecule has 0 aliphatic heterocycles. The molecule has 1 amide bonds. The molecule has 23 heavy (non-hydrogen) atoms. The Labute approximate surface area is 135 Å². The van der Waals surface area contributed by atoms with Crippen LogP contribution in [0, 0.1) is 5.92 Å². The lowest BCUT2D eigenvalue weighted by molar-refractivity contribution is 0.0886. The van der Waals surface area contributed by atoms with E-state index >= 15 is 0 Å². The Morgan fingerprint density at radius 2 is 2.17 bits per heavy atom. The Bertz CT molecular complexity index is 654. The number of hydrogen-bond donors (Lipinski definition) is 3. The number of rotatable bonds is 7. The van der Waals surface area contributed by atoms with Gasteiger partial charge in [0.25, 0.3) is 5.91 Å². The van der Waals surface area contributed by atoms with Crippen LogP contribution in [-0.4, -0.2) is 41.0 Å². The molecule has 2 rings (SSSR count). The lowest BCUT2D eigenvalue weighted by atomic mass is 10.00. The average molecular weight is 317 g/mol. The Morgan fingerprint density at radius 1 is 1.43 bits per heavy atom. The molecule has 1 heterocycles. The molecular weight excluding hydrogens is 294 g/mol. The number of aliphatic hydroxyl groups is 1. The van der Waals surface area contributed by atoms with E-state index < -0.39 is 0 Å². The Balaban J connectivity index is 2.17. The Morgan fingerprint density at radius 3 is 2.83 bits per heavy atom. The third-order valence-electron chi connectivity index (χ3n) is 4.05. The van der Waals surface area contributed by atoms with Gasteiger partial charge in [-0.25, -0.2) is 0 Å². The summed E-state index contributed by atoms with van der Waals surface area (Å²) in [5.41, 5.74) is 1.80. The summed E-state index contributed by atoms with van der Waals surface area (Å²) >= 11 is 0. The normalized spacial score (nSPS) is 13.4. The zero-order valence-corrected chi connectivity index (χ0v) is 13.7. The molecule has 1 aromatic heterocycles. The highest BCUT2D eigenvalue weighted by molar-refractivity contribution is 5.93. The van der Waals surface area contributed by atoms with Gasteiger partial charge in [-0.15, -0.1) is 0 Å². The largest absolute Gasteiger partial charge is 0.496 e. The van der Waals surface area contributed by atoms with Crippen LogP contribution in [0.3, 0.4) is 0 Å². The van der Waals surface area contributed by atoms with Crippen molar-refractivity contribution >= 4 is 5.91 Å². The number of benzene rings is 1. The highest BCUT2D eigenvalue weighted by Gasteiger charge is 2.20. The molecule has 1 aromatic carbocycles. The summed E-state index contributed by atoms with van der Waals surface area (Å²) in [5.74, 6) is 0.609. The van der Waals surface area contributed by atoms with E-state index in [1.807, 2.05) is 38.1 Å². The van der Waals surface area contributed by atoms with Gasteiger partial charge in [-0.05, 0) is 24.1 Å². The Kier molecular flexibility index (Phi) is 5.76. The summed E-state index contributed by atoms with van der Waals surface area (Å²) < 4.78 is 5.31. The van der Waals surface area contributed by atoms with E-state index in [9.17, 15) is 9.90 Å². The number of ether oxygens (including phenoxy) is 1. The van der Waals surface area contributed by atoms with Crippen molar-refractivity contribution in [1.29, 1.82) is 0 Å². The molecule has 0 saturated carbocycles. The number of carbonyl (C=O) groups is 1. The van der Waals surface area contributed by atoms with Crippen LogP contribution >= 0.6 is 0 Å². The van der Waals surface area contributed by atoms with Gasteiger partial charge in [0.1, 0.15) is 11.4 Å². The predicted octanol–water partition coefficient (Wildman–Crippen LogP) is 2.22. The van der Waals surface area contributed by atoms with Gasteiger partial charge in [-0.1, -0.05) is 32.4 Å². The molecule has 0 fully saturated rings. The van der Waals surface area contributed by atoms with Gasteiger partial charge in [0.2, 0.25) is 0 Å². The smallest absolute Gasteiger partial charge is 0.269 e. The van der Waals surface area contributed by atoms with Crippen LogP contribution < -0.4 is 10.1 Å². The number of para-hydroxylation sites is 1. The minimum absolute atomic E-state index is 0.0890. The minimum atomic E-state index is -0.280. The zero-order valence-electron chi connectivity index (χ0n) is 13.7. The maximum atomic E-state index is 12.3. The summed E-state index contributed by atoms with van der Waals surface area (Å²) in [6.07, 6.45) is 0.876. The van der Waals surface area contributed by atoms with Crippen LogP contribution in [-0.2, 0) is 0 Å². The first-order valence-electron chi connectivity index (χ1n) is 7.71. The molecule has 0 aliphatic rings. The van der Waals surface area contributed by atoms with Crippen molar-refractivity contribution in [2.45, 2.75) is 26.3 Å². The molecule has 0 radical (unpaired) electrons. The first-order valence-corrected chi connectivity index (χ1v) is 7.71. The molecule has 0 spiro atoms. The van der Waals surface area contributed by atoms with Crippen molar-refractivity contribution < 1.29 is 14.6 Å². The quantitative estimate of drug-likeness (QED) is 0.731. The highest BCUT2D eigenvalue weighted by atomic mass is 16.5. The molecule has 124 valence electrons. The van der Waals surface area contributed by atoms with Crippen LogP contribution in [0.2, 0.25) is 0 Å². The van der Waals surface area contributed by atoms with Crippen LogP contribution in [0.1, 0.15) is 30.8 Å². The van der Waals surface area contributed by atoms with Crippen LogP contribution in [0.25, 0.3) is 11.3 Å². The van der Waals surface area contributed by atoms with Gasteiger partial charge in [-0.3, -0.25) is 9.89 Å². The van der Waals surface area contributed by atoms with E-state index in [-0.39, 0.29) is 24.5 Å². The molecule has 0 bridgehead atoms. The monoisotopic (exact) mass is 317 g/mol. The number of carbonyl (C=O) groups excluding carboxylic acids is 1. The fraction of sp³-hybridized carbons (Fsp3) is 0.412. The van der Waals surface area contributed by atoms with Gasteiger partial charge in [0.05, 0.1) is 25.5 Å². The van der Waals surface area contributed by atoms with E-state index in [1.54, 1.807) is 13.2 Å². The van der Waals surface area contributed by atoms with Crippen molar-refractivity contribution in [3.05, 3.63) is 36.0 Å². The zero-order chi connectivity index (χ0) is 16.8. The molecule has 0 unspecified atom stereocenters. The van der Waals surface area contributed by atoms with E-state index in [2.05, 4.69) is 15.5 Å². The van der Waals surface area contributed by atoms with Crippen LogP contribution in [0.4, 0.5) is 0 Å². The second kappa shape index (κ2) is 7.78. The molecule has 6 heteroatoms. The number of methoxy groups -OCH3 is 1. The minimum Gasteiger partial charge on any atom is -0.496 e. The maximum absolute atomic E-state index is 12.3. The van der Waals surface area contributed by atoms with Gasteiger partial charge >= 0.3 is 0 Å². The fourth-order valence-electron chi connectivity index (χ4n) is 2.33. The SMILES string of the molecule is CC[C@H](C)[C@H](CO)NC(=O)c1cc(-c2ccccc2OC)n[nH]1. The molecule has 6 nitrogen and oxygen atoms in total. The molecule has 3 N–H and O–H groups in total. The van der Waals surface area contributed by atoms with Crippen molar-refractivity contribution in [3.8, 4) is 17.0 Å².